The van der Waals surface area contributed by atoms with Crippen molar-refractivity contribution in [2.45, 2.75) is 12.3 Å². The summed E-state index contributed by atoms with van der Waals surface area (Å²) in [4.78, 5) is 23.2. The number of hydrogen-bond donors (Lipinski definition) is 2. The van der Waals surface area contributed by atoms with E-state index in [4.69, 9.17) is 15.2 Å². The maximum Gasteiger partial charge on any atom is 0.255 e. The van der Waals surface area contributed by atoms with Crippen molar-refractivity contribution in [3.05, 3.63) is 41.5 Å². The van der Waals surface area contributed by atoms with Crippen LogP contribution >= 0.6 is 11.7 Å². The van der Waals surface area contributed by atoms with E-state index in [-0.39, 0.29) is 24.9 Å². The average Bonchev–Trinajstić information content (AvgIpc) is 3.14. The van der Waals surface area contributed by atoms with Gasteiger partial charge in [-0.25, -0.2) is 0 Å². The summed E-state index contributed by atoms with van der Waals surface area (Å²) in [6.45, 7) is -0.241. The maximum atomic E-state index is 12.2. The monoisotopic (exact) mass is 384 g/mol. The minimum Gasteiger partial charge on any atom is -0.493 e. The van der Waals surface area contributed by atoms with Crippen LogP contribution in [0.25, 0.3) is 11.0 Å². The minimum absolute atomic E-state index is 0.0666. The highest BCUT2D eigenvalue weighted by Gasteiger charge is 2.30. The minimum atomic E-state index is -0.572. The number of benzene rings is 2. The van der Waals surface area contributed by atoms with E-state index < -0.39 is 5.91 Å². The number of carbonyl (C=O) groups is 2. The van der Waals surface area contributed by atoms with Crippen molar-refractivity contribution in [1.29, 1.82) is 0 Å². The molecule has 0 saturated carbocycles. The zero-order chi connectivity index (χ0) is 19.0. The molecule has 2 aromatic carbocycles. The van der Waals surface area contributed by atoms with Crippen LogP contribution in [0.1, 0.15) is 23.5 Å². The second kappa shape index (κ2) is 6.84. The SMILES string of the molecule is COc1cc([C@@H]2CC(=O)Nc3ccc4nsnc4c32)ccc1OCC(N)=O. The van der Waals surface area contributed by atoms with E-state index in [1.807, 2.05) is 24.3 Å². The van der Waals surface area contributed by atoms with E-state index in [0.29, 0.717) is 11.5 Å². The third kappa shape index (κ3) is 3.17. The van der Waals surface area contributed by atoms with Gasteiger partial charge in [0.05, 0.1) is 18.8 Å². The largest absolute Gasteiger partial charge is 0.493 e. The fourth-order valence-corrected chi connectivity index (χ4v) is 3.82. The molecule has 0 aliphatic carbocycles. The Bertz CT molecular complexity index is 1050. The molecule has 0 radical (unpaired) electrons. The van der Waals surface area contributed by atoms with Gasteiger partial charge in [-0.05, 0) is 29.8 Å². The fraction of sp³-hybridized carbons (Fsp3) is 0.222. The Hall–Kier alpha value is -3.20. The van der Waals surface area contributed by atoms with Crippen LogP contribution in [-0.4, -0.2) is 34.3 Å². The van der Waals surface area contributed by atoms with Crippen molar-refractivity contribution in [3.8, 4) is 11.5 Å². The van der Waals surface area contributed by atoms with Crippen molar-refractivity contribution in [3.63, 3.8) is 0 Å². The molecule has 1 aliphatic heterocycles. The van der Waals surface area contributed by atoms with Crippen LogP contribution in [0, 0.1) is 0 Å². The molecular formula is C18H16N4O4S. The standard InChI is InChI=1S/C18H16N4O4S/c1-25-14-6-9(2-5-13(14)26-8-15(19)23)10-7-16(24)20-11-3-4-12-18(17(10)11)22-27-21-12/h2-6,10H,7-8H2,1H3,(H2,19,23)(H,20,24)/t10-/m0/s1. The molecule has 2 amide bonds. The van der Waals surface area contributed by atoms with Gasteiger partial charge in [0.1, 0.15) is 11.0 Å². The average molecular weight is 384 g/mol. The summed E-state index contributed by atoms with van der Waals surface area (Å²) >= 11 is 1.14. The molecule has 2 heterocycles. The van der Waals surface area contributed by atoms with Gasteiger partial charge in [-0.2, -0.15) is 8.75 Å². The van der Waals surface area contributed by atoms with Crippen LogP contribution < -0.4 is 20.5 Å². The molecule has 138 valence electrons. The quantitative estimate of drug-likeness (QED) is 0.695. The smallest absolute Gasteiger partial charge is 0.255 e. The highest BCUT2D eigenvalue weighted by atomic mass is 32.1. The highest BCUT2D eigenvalue weighted by molar-refractivity contribution is 7.00. The predicted octanol–water partition coefficient (Wildman–Crippen LogP) is 2.04. The summed E-state index contributed by atoms with van der Waals surface area (Å²) in [6.07, 6.45) is 0.286. The lowest BCUT2D eigenvalue weighted by atomic mass is 9.84. The van der Waals surface area contributed by atoms with Gasteiger partial charge in [0.2, 0.25) is 5.91 Å². The fourth-order valence-electron chi connectivity index (χ4n) is 3.28. The lowest BCUT2D eigenvalue weighted by Gasteiger charge is -2.26. The number of carbonyl (C=O) groups excluding carboxylic acids is 2. The maximum absolute atomic E-state index is 12.2. The van der Waals surface area contributed by atoms with Gasteiger partial charge in [-0.15, -0.1) is 0 Å². The predicted molar refractivity (Wildman–Crippen MR) is 100 cm³/mol. The summed E-state index contributed by atoms with van der Waals surface area (Å²) in [5, 5.41) is 2.90. The molecule has 1 atom stereocenters. The number of ether oxygens (including phenoxy) is 2. The Labute approximate surface area is 158 Å². The van der Waals surface area contributed by atoms with Gasteiger partial charge >= 0.3 is 0 Å². The Morgan fingerprint density at radius 3 is 2.93 bits per heavy atom. The first-order chi connectivity index (χ1) is 13.1. The lowest BCUT2D eigenvalue weighted by Crippen LogP contribution is -2.24. The Morgan fingerprint density at radius 2 is 2.15 bits per heavy atom. The van der Waals surface area contributed by atoms with E-state index in [2.05, 4.69) is 14.1 Å². The molecule has 9 heteroatoms. The number of nitrogens with zero attached hydrogens (tertiary/aromatic N) is 2. The van der Waals surface area contributed by atoms with Gasteiger partial charge in [-0.3, -0.25) is 9.59 Å². The van der Waals surface area contributed by atoms with Crippen molar-refractivity contribution in [1.82, 2.24) is 8.75 Å². The number of aromatic nitrogens is 2. The van der Waals surface area contributed by atoms with Gasteiger partial charge in [0, 0.05) is 23.6 Å². The molecule has 0 unspecified atom stereocenters. The zero-order valence-corrected chi connectivity index (χ0v) is 15.2. The van der Waals surface area contributed by atoms with Crippen LogP contribution in [0.5, 0.6) is 11.5 Å². The van der Waals surface area contributed by atoms with Crippen LogP contribution in [0.15, 0.2) is 30.3 Å². The first-order valence-electron chi connectivity index (χ1n) is 8.21. The lowest BCUT2D eigenvalue weighted by molar-refractivity contribution is -0.120. The normalized spacial score (nSPS) is 15.9. The van der Waals surface area contributed by atoms with Gasteiger partial charge in [0.15, 0.2) is 18.1 Å². The number of hydrogen-bond acceptors (Lipinski definition) is 7. The van der Waals surface area contributed by atoms with Crippen LogP contribution in [0.2, 0.25) is 0 Å². The molecule has 8 nitrogen and oxygen atoms in total. The van der Waals surface area contributed by atoms with Gasteiger partial charge in [0.25, 0.3) is 5.91 Å². The molecule has 0 saturated heterocycles. The number of nitrogens with two attached hydrogens (primary N) is 1. The van der Waals surface area contributed by atoms with Crippen molar-refractivity contribution >= 4 is 40.3 Å². The number of primary amides is 1. The number of fused-ring (bicyclic) bond motifs is 3. The first-order valence-corrected chi connectivity index (χ1v) is 8.94. The molecule has 3 aromatic rings. The molecule has 1 aromatic heterocycles. The van der Waals surface area contributed by atoms with Gasteiger partial charge in [-0.1, -0.05) is 6.07 Å². The first kappa shape index (κ1) is 17.2. The van der Waals surface area contributed by atoms with Crippen LogP contribution in [-0.2, 0) is 9.59 Å². The third-order valence-electron chi connectivity index (χ3n) is 4.44. The number of rotatable bonds is 5. The summed E-state index contributed by atoms with van der Waals surface area (Å²) in [5.74, 6) is 0.0415. The molecule has 0 fully saturated rings. The molecule has 0 bridgehead atoms. The second-order valence-corrected chi connectivity index (χ2v) is 6.66. The summed E-state index contributed by atoms with van der Waals surface area (Å²) < 4.78 is 19.5. The zero-order valence-electron chi connectivity index (χ0n) is 14.4. The third-order valence-corrected chi connectivity index (χ3v) is 4.98. The Balaban J connectivity index is 1.79. The molecular weight excluding hydrogens is 368 g/mol. The second-order valence-electron chi connectivity index (χ2n) is 6.13. The summed E-state index contributed by atoms with van der Waals surface area (Å²) in [5.41, 5.74) is 9.28. The van der Waals surface area contributed by atoms with Crippen molar-refractivity contribution in [2.24, 2.45) is 5.73 Å². The van der Waals surface area contributed by atoms with E-state index in [1.54, 1.807) is 6.07 Å². The van der Waals surface area contributed by atoms with Crippen LogP contribution in [0.4, 0.5) is 5.69 Å². The summed E-state index contributed by atoms with van der Waals surface area (Å²) in [6, 6.07) is 9.07. The number of methoxy groups -OCH3 is 1. The topological polar surface area (TPSA) is 116 Å². The molecule has 1 aliphatic rings. The van der Waals surface area contributed by atoms with E-state index in [9.17, 15) is 9.59 Å². The van der Waals surface area contributed by atoms with E-state index in [1.165, 1.54) is 7.11 Å². The van der Waals surface area contributed by atoms with E-state index in [0.717, 1.165) is 39.6 Å². The molecule has 3 N–H and O–H groups in total. The molecule has 0 spiro atoms. The number of anilines is 1. The van der Waals surface area contributed by atoms with Gasteiger partial charge < -0.3 is 20.5 Å². The van der Waals surface area contributed by atoms with Crippen molar-refractivity contribution < 1.29 is 19.1 Å². The molecule has 4 rings (SSSR count). The Kier molecular flexibility index (Phi) is 4.36. The summed E-state index contributed by atoms with van der Waals surface area (Å²) in [7, 11) is 1.51. The Morgan fingerprint density at radius 1 is 1.30 bits per heavy atom. The highest BCUT2D eigenvalue weighted by Crippen LogP contribution is 2.42. The van der Waals surface area contributed by atoms with E-state index >= 15 is 0 Å². The van der Waals surface area contributed by atoms with Crippen LogP contribution in [0.3, 0.4) is 0 Å². The number of nitrogens with one attached hydrogen (secondary N) is 1. The van der Waals surface area contributed by atoms with Crippen molar-refractivity contribution in [2.75, 3.05) is 19.0 Å². The number of amides is 2. The molecule has 27 heavy (non-hydrogen) atoms.